The summed E-state index contributed by atoms with van der Waals surface area (Å²) in [6.07, 6.45) is 3.59. The first kappa shape index (κ1) is 14.8. The number of rotatable bonds is 2. The lowest BCUT2D eigenvalue weighted by molar-refractivity contribution is 0.503. The molecule has 1 aliphatic rings. The van der Waals surface area contributed by atoms with Gasteiger partial charge in [0.1, 0.15) is 4.47 Å². The van der Waals surface area contributed by atoms with Crippen LogP contribution in [-0.2, 0) is 0 Å². The molecule has 0 spiro atoms. The molecule has 1 aromatic carbocycles. The van der Waals surface area contributed by atoms with Crippen molar-refractivity contribution in [3.63, 3.8) is 0 Å². The number of halogens is 1. The summed E-state index contributed by atoms with van der Waals surface area (Å²) in [5.74, 6) is 0.390. The SMILES string of the molecule is N#Cc1ccccc1C1CCN(c2cn[nH]c(=O)c2Br)CC1. The quantitative estimate of drug-likeness (QED) is 0.895. The molecule has 1 fully saturated rings. The molecule has 0 radical (unpaired) electrons. The lowest BCUT2D eigenvalue weighted by atomic mass is 9.86. The first-order chi connectivity index (χ1) is 10.7. The molecule has 1 aromatic heterocycles. The highest BCUT2D eigenvalue weighted by atomic mass is 79.9. The molecule has 0 atom stereocenters. The zero-order valence-corrected chi connectivity index (χ0v) is 13.5. The molecule has 6 heteroatoms. The van der Waals surface area contributed by atoms with E-state index < -0.39 is 0 Å². The van der Waals surface area contributed by atoms with Crippen molar-refractivity contribution in [2.24, 2.45) is 0 Å². The third-order valence-corrected chi connectivity index (χ3v) is 4.90. The molecule has 5 nitrogen and oxygen atoms in total. The lowest BCUT2D eigenvalue weighted by Crippen LogP contribution is -2.34. The smallest absolute Gasteiger partial charge is 0.280 e. The Morgan fingerprint density at radius 2 is 2.05 bits per heavy atom. The van der Waals surface area contributed by atoms with Crippen LogP contribution in [0.3, 0.4) is 0 Å². The van der Waals surface area contributed by atoms with Gasteiger partial charge in [-0.3, -0.25) is 4.79 Å². The number of H-pyrrole nitrogens is 1. The van der Waals surface area contributed by atoms with Gasteiger partial charge in [0.25, 0.3) is 5.56 Å². The second kappa shape index (κ2) is 6.32. The second-order valence-corrected chi connectivity index (χ2v) is 6.15. The zero-order valence-electron chi connectivity index (χ0n) is 11.9. The van der Waals surface area contributed by atoms with E-state index in [1.54, 1.807) is 6.20 Å². The lowest BCUT2D eigenvalue weighted by Gasteiger charge is -2.34. The number of benzene rings is 1. The molecule has 2 aromatic rings. The summed E-state index contributed by atoms with van der Waals surface area (Å²) in [4.78, 5) is 13.8. The molecule has 0 saturated carbocycles. The summed E-state index contributed by atoms with van der Waals surface area (Å²) < 4.78 is 0.526. The van der Waals surface area contributed by atoms with Gasteiger partial charge in [-0.1, -0.05) is 18.2 Å². The van der Waals surface area contributed by atoms with Crippen LogP contribution >= 0.6 is 15.9 Å². The van der Waals surface area contributed by atoms with Gasteiger partial charge in [0.2, 0.25) is 0 Å². The summed E-state index contributed by atoms with van der Waals surface area (Å²) >= 11 is 3.33. The Morgan fingerprint density at radius 1 is 1.32 bits per heavy atom. The van der Waals surface area contributed by atoms with Gasteiger partial charge in [-0.25, -0.2) is 5.10 Å². The number of hydrogen-bond donors (Lipinski definition) is 1. The summed E-state index contributed by atoms with van der Waals surface area (Å²) in [6, 6.07) is 10.1. The Morgan fingerprint density at radius 3 is 2.77 bits per heavy atom. The van der Waals surface area contributed by atoms with Crippen LogP contribution < -0.4 is 10.5 Å². The molecule has 0 bridgehead atoms. The molecule has 0 aliphatic carbocycles. The highest BCUT2D eigenvalue weighted by Gasteiger charge is 2.24. The molecule has 1 saturated heterocycles. The topological polar surface area (TPSA) is 72.8 Å². The van der Waals surface area contributed by atoms with Crippen LogP contribution in [0.1, 0.15) is 29.9 Å². The van der Waals surface area contributed by atoms with Crippen LogP contribution in [0.15, 0.2) is 39.7 Å². The number of nitrogens with zero attached hydrogens (tertiary/aromatic N) is 3. The Balaban J connectivity index is 1.77. The normalized spacial score (nSPS) is 15.5. The minimum atomic E-state index is -0.213. The summed E-state index contributed by atoms with van der Waals surface area (Å²) in [5.41, 5.74) is 2.51. The van der Waals surface area contributed by atoms with Crippen molar-refractivity contribution in [2.45, 2.75) is 18.8 Å². The number of anilines is 1. The van der Waals surface area contributed by atoms with Gasteiger partial charge < -0.3 is 4.90 Å². The number of nitrogens with one attached hydrogen (secondary N) is 1. The summed E-state index contributed by atoms with van der Waals surface area (Å²) in [5, 5.41) is 15.5. The second-order valence-electron chi connectivity index (χ2n) is 5.36. The molecule has 112 valence electrons. The fraction of sp³-hybridized carbons (Fsp3) is 0.312. The van der Waals surface area contributed by atoms with E-state index in [0.717, 1.165) is 42.7 Å². The van der Waals surface area contributed by atoms with Gasteiger partial charge in [-0.15, -0.1) is 0 Å². The Labute approximate surface area is 136 Å². The Kier molecular flexibility index (Phi) is 4.25. The van der Waals surface area contributed by atoms with E-state index in [-0.39, 0.29) is 5.56 Å². The Hall–Kier alpha value is -2.13. The van der Waals surface area contributed by atoms with Gasteiger partial charge in [0.15, 0.2) is 0 Å². The molecule has 0 unspecified atom stereocenters. The minimum Gasteiger partial charge on any atom is -0.369 e. The molecular formula is C16H15BrN4O. The fourth-order valence-electron chi connectivity index (χ4n) is 2.98. The average molecular weight is 359 g/mol. The molecule has 3 rings (SSSR count). The largest absolute Gasteiger partial charge is 0.369 e. The summed E-state index contributed by atoms with van der Waals surface area (Å²) in [7, 11) is 0. The van der Waals surface area contributed by atoms with E-state index in [2.05, 4.69) is 37.1 Å². The first-order valence-corrected chi connectivity index (χ1v) is 7.97. The van der Waals surface area contributed by atoms with Crippen LogP contribution in [0.5, 0.6) is 0 Å². The van der Waals surface area contributed by atoms with E-state index in [4.69, 9.17) is 0 Å². The standard InChI is InChI=1S/C16H15BrN4O/c17-15-14(10-19-20-16(15)22)21-7-5-11(6-8-21)13-4-2-1-3-12(13)9-18/h1-4,10-11H,5-8H2,(H,20,22). The van der Waals surface area contributed by atoms with Crippen molar-refractivity contribution in [3.05, 3.63) is 56.4 Å². The number of hydrogen-bond acceptors (Lipinski definition) is 4. The predicted molar refractivity (Wildman–Crippen MR) is 87.9 cm³/mol. The highest BCUT2D eigenvalue weighted by Crippen LogP contribution is 2.33. The minimum absolute atomic E-state index is 0.213. The van der Waals surface area contributed by atoms with E-state index in [1.807, 2.05) is 24.3 Å². The van der Waals surface area contributed by atoms with Gasteiger partial charge in [-0.2, -0.15) is 10.4 Å². The number of aromatic nitrogens is 2. The van der Waals surface area contributed by atoms with Crippen molar-refractivity contribution in [3.8, 4) is 6.07 Å². The maximum Gasteiger partial charge on any atom is 0.280 e. The fourth-order valence-corrected chi connectivity index (χ4v) is 3.42. The maximum atomic E-state index is 11.6. The van der Waals surface area contributed by atoms with Crippen LogP contribution in [0.25, 0.3) is 0 Å². The van der Waals surface area contributed by atoms with Crippen molar-refractivity contribution < 1.29 is 0 Å². The van der Waals surface area contributed by atoms with Crippen molar-refractivity contribution in [1.82, 2.24) is 10.2 Å². The highest BCUT2D eigenvalue weighted by molar-refractivity contribution is 9.10. The molecule has 0 amide bonds. The van der Waals surface area contributed by atoms with Crippen LogP contribution in [0.2, 0.25) is 0 Å². The van der Waals surface area contributed by atoms with Crippen LogP contribution in [0, 0.1) is 11.3 Å². The van der Waals surface area contributed by atoms with Gasteiger partial charge in [0.05, 0.1) is 23.5 Å². The van der Waals surface area contributed by atoms with E-state index >= 15 is 0 Å². The third kappa shape index (κ3) is 2.77. The Bertz CT molecular complexity index is 772. The van der Waals surface area contributed by atoms with E-state index in [9.17, 15) is 10.1 Å². The molecular weight excluding hydrogens is 344 g/mol. The monoisotopic (exact) mass is 358 g/mol. The average Bonchev–Trinajstić information content (AvgIpc) is 2.57. The van der Waals surface area contributed by atoms with Crippen LogP contribution in [-0.4, -0.2) is 23.3 Å². The third-order valence-electron chi connectivity index (χ3n) is 4.13. The number of nitriles is 1. The molecule has 1 aliphatic heterocycles. The first-order valence-electron chi connectivity index (χ1n) is 7.18. The molecule has 2 heterocycles. The molecule has 1 N–H and O–H groups in total. The predicted octanol–water partition coefficient (Wildman–Crippen LogP) is 2.79. The van der Waals surface area contributed by atoms with Gasteiger partial charge >= 0.3 is 0 Å². The van der Waals surface area contributed by atoms with Crippen molar-refractivity contribution in [1.29, 1.82) is 5.26 Å². The van der Waals surface area contributed by atoms with Crippen LogP contribution in [0.4, 0.5) is 5.69 Å². The number of aromatic amines is 1. The van der Waals surface area contributed by atoms with Crippen molar-refractivity contribution >= 4 is 21.6 Å². The number of piperidine rings is 1. The zero-order chi connectivity index (χ0) is 15.5. The van der Waals surface area contributed by atoms with E-state index in [0.29, 0.717) is 10.4 Å². The van der Waals surface area contributed by atoms with E-state index in [1.165, 1.54) is 0 Å². The van der Waals surface area contributed by atoms with Gasteiger partial charge in [-0.05, 0) is 46.3 Å². The summed E-state index contributed by atoms with van der Waals surface area (Å²) in [6.45, 7) is 1.68. The molecule has 22 heavy (non-hydrogen) atoms. The maximum absolute atomic E-state index is 11.6. The van der Waals surface area contributed by atoms with Gasteiger partial charge in [0, 0.05) is 13.1 Å². The van der Waals surface area contributed by atoms with Crippen molar-refractivity contribution in [2.75, 3.05) is 18.0 Å².